The first-order chi connectivity index (χ1) is 15.6. The van der Waals surface area contributed by atoms with Gasteiger partial charge in [0.25, 0.3) is 11.8 Å². The van der Waals surface area contributed by atoms with Gasteiger partial charge in [-0.3, -0.25) is 9.59 Å². The van der Waals surface area contributed by atoms with Crippen molar-refractivity contribution < 1.29 is 26.4 Å². The van der Waals surface area contributed by atoms with Crippen molar-refractivity contribution in [2.75, 3.05) is 11.9 Å². The molecular weight excluding hydrogens is 466 g/mol. The van der Waals surface area contributed by atoms with Crippen molar-refractivity contribution in [2.24, 2.45) is 5.14 Å². The summed E-state index contributed by atoms with van der Waals surface area (Å²) in [6.07, 6.45) is 0.433. The van der Waals surface area contributed by atoms with Gasteiger partial charge in [0.1, 0.15) is 0 Å². The number of rotatable bonds is 5. The number of anilines is 1. The molecule has 4 N–H and O–H groups in total. The highest BCUT2D eigenvalue weighted by molar-refractivity contribution is 7.91. The van der Waals surface area contributed by atoms with Gasteiger partial charge in [-0.15, -0.1) is 0 Å². The van der Waals surface area contributed by atoms with Gasteiger partial charge in [0.2, 0.25) is 19.9 Å². The zero-order valence-corrected chi connectivity index (χ0v) is 18.7. The molecule has 11 heteroatoms. The second-order valence-corrected chi connectivity index (χ2v) is 10.8. The van der Waals surface area contributed by atoms with Crippen LogP contribution in [0.1, 0.15) is 26.3 Å². The highest BCUT2D eigenvalue weighted by atomic mass is 32.2. The first kappa shape index (κ1) is 22.6. The number of fused-ring (bicyclic) bond motifs is 2. The molecule has 170 valence electrons. The number of primary sulfonamides is 1. The average molecular weight is 486 g/mol. The standard InChI is InChI=1S/C22H19N3O6S2/c23-33(30,31)16-8-5-14(6-9-16)11-12-24-21(26)15-7-10-20-18(13-15)25-22(27)17-3-1-2-4-19(17)32(20,28)29/h1-10,13H,11-12H2,(H,24,26)(H,25,27)(H2,23,30,31). The molecule has 1 aliphatic heterocycles. The predicted molar refractivity (Wildman–Crippen MR) is 120 cm³/mol. The lowest BCUT2D eigenvalue weighted by Gasteiger charge is -2.10. The maximum atomic E-state index is 13.0. The highest BCUT2D eigenvalue weighted by Gasteiger charge is 2.31. The molecule has 0 aromatic heterocycles. The number of nitrogens with two attached hydrogens (primary N) is 1. The summed E-state index contributed by atoms with van der Waals surface area (Å²) in [6.45, 7) is 0.251. The smallest absolute Gasteiger partial charge is 0.257 e. The number of amides is 2. The van der Waals surface area contributed by atoms with Crippen LogP contribution < -0.4 is 15.8 Å². The van der Waals surface area contributed by atoms with Crippen LogP contribution in [0.15, 0.2) is 81.4 Å². The van der Waals surface area contributed by atoms with Gasteiger partial charge in [-0.05, 0) is 54.4 Å². The summed E-state index contributed by atoms with van der Waals surface area (Å²) in [7, 11) is -7.72. The van der Waals surface area contributed by atoms with Crippen molar-refractivity contribution in [3.8, 4) is 0 Å². The lowest BCUT2D eigenvalue weighted by Crippen LogP contribution is -2.26. The van der Waals surface area contributed by atoms with Gasteiger partial charge in [0.05, 0.1) is 25.9 Å². The Labute approximate surface area is 190 Å². The predicted octanol–water partition coefficient (Wildman–Crippen LogP) is 1.70. The molecule has 9 nitrogen and oxygen atoms in total. The fourth-order valence-corrected chi connectivity index (χ4v) is 5.58. The molecule has 4 rings (SSSR count). The number of benzene rings is 3. The Hall–Kier alpha value is -3.54. The van der Waals surface area contributed by atoms with Gasteiger partial charge >= 0.3 is 0 Å². The van der Waals surface area contributed by atoms with E-state index < -0.39 is 31.7 Å². The van der Waals surface area contributed by atoms with Gasteiger partial charge < -0.3 is 10.6 Å². The Morgan fingerprint density at radius 1 is 0.970 bits per heavy atom. The molecule has 2 amide bonds. The molecule has 0 bridgehead atoms. The fourth-order valence-electron chi connectivity index (χ4n) is 3.47. The lowest BCUT2D eigenvalue weighted by atomic mass is 10.1. The van der Waals surface area contributed by atoms with Gasteiger partial charge in [-0.1, -0.05) is 24.3 Å². The van der Waals surface area contributed by atoms with E-state index in [-0.39, 0.29) is 38.0 Å². The summed E-state index contributed by atoms with van der Waals surface area (Å²) in [5.41, 5.74) is 1.04. The van der Waals surface area contributed by atoms with E-state index in [4.69, 9.17) is 5.14 Å². The van der Waals surface area contributed by atoms with Crippen LogP contribution in [-0.4, -0.2) is 35.2 Å². The topological polar surface area (TPSA) is 152 Å². The van der Waals surface area contributed by atoms with Crippen LogP contribution in [0.25, 0.3) is 0 Å². The first-order valence-electron chi connectivity index (χ1n) is 9.77. The van der Waals surface area contributed by atoms with Crippen LogP contribution in [0.2, 0.25) is 0 Å². The Morgan fingerprint density at radius 2 is 1.67 bits per heavy atom. The second-order valence-electron chi connectivity index (χ2n) is 7.36. The van der Waals surface area contributed by atoms with Crippen LogP contribution >= 0.6 is 0 Å². The van der Waals surface area contributed by atoms with Crippen LogP contribution in [-0.2, 0) is 26.3 Å². The lowest BCUT2D eigenvalue weighted by molar-refractivity contribution is 0.0952. The second kappa shape index (κ2) is 8.43. The van der Waals surface area contributed by atoms with Crippen molar-refractivity contribution >= 4 is 37.4 Å². The van der Waals surface area contributed by atoms with Crippen molar-refractivity contribution in [3.63, 3.8) is 0 Å². The van der Waals surface area contributed by atoms with Crippen LogP contribution in [0.5, 0.6) is 0 Å². The quantitative estimate of drug-likeness (QED) is 0.500. The number of carbonyl (C=O) groups is 2. The SMILES string of the molecule is NS(=O)(=O)c1ccc(CCNC(=O)c2ccc3c(c2)NC(=O)c2ccccc2S3(=O)=O)cc1. The minimum Gasteiger partial charge on any atom is -0.352 e. The number of hydrogen-bond donors (Lipinski definition) is 3. The maximum absolute atomic E-state index is 13.0. The van der Waals surface area contributed by atoms with Gasteiger partial charge in [-0.2, -0.15) is 0 Å². The Balaban J connectivity index is 1.50. The summed E-state index contributed by atoms with van der Waals surface area (Å²) in [5.74, 6) is -1.03. The highest BCUT2D eigenvalue weighted by Crippen LogP contribution is 2.34. The molecule has 0 aliphatic carbocycles. The normalized spacial score (nSPS) is 14.4. The number of sulfone groups is 1. The molecular formula is C22H19N3O6S2. The van der Waals surface area contributed by atoms with Crippen LogP contribution in [0.3, 0.4) is 0 Å². The fraction of sp³-hybridized carbons (Fsp3) is 0.0909. The minimum atomic E-state index is -3.95. The summed E-state index contributed by atoms with van der Waals surface area (Å²) in [4.78, 5) is 24.9. The molecule has 3 aromatic carbocycles. The van der Waals surface area contributed by atoms with E-state index >= 15 is 0 Å². The van der Waals surface area contributed by atoms with E-state index in [1.807, 2.05) is 0 Å². The maximum Gasteiger partial charge on any atom is 0.257 e. The number of sulfonamides is 1. The zero-order chi connectivity index (χ0) is 23.8. The van der Waals surface area contributed by atoms with E-state index in [1.165, 1.54) is 42.5 Å². The van der Waals surface area contributed by atoms with E-state index in [9.17, 15) is 26.4 Å². The van der Waals surface area contributed by atoms with E-state index in [1.54, 1.807) is 24.3 Å². The molecule has 0 spiro atoms. The molecule has 0 saturated carbocycles. The minimum absolute atomic E-state index is 0.000543. The third kappa shape index (κ3) is 4.51. The van der Waals surface area contributed by atoms with Gasteiger partial charge in [0, 0.05) is 12.1 Å². The number of carbonyl (C=O) groups excluding carboxylic acids is 2. The Kier molecular flexibility index (Phi) is 5.78. The zero-order valence-electron chi connectivity index (χ0n) is 17.1. The molecule has 33 heavy (non-hydrogen) atoms. The Morgan fingerprint density at radius 3 is 2.36 bits per heavy atom. The summed E-state index contributed by atoms with van der Waals surface area (Å²) in [6, 6.07) is 15.9. The van der Waals surface area contributed by atoms with E-state index in [2.05, 4.69) is 10.6 Å². The third-order valence-electron chi connectivity index (χ3n) is 5.15. The van der Waals surface area contributed by atoms with E-state index in [0.29, 0.717) is 6.42 Å². The monoisotopic (exact) mass is 485 g/mol. The average Bonchev–Trinajstić information content (AvgIpc) is 2.86. The molecule has 0 fully saturated rings. The van der Waals surface area contributed by atoms with Crippen molar-refractivity contribution in [2.45, 2.75) is 21.1 Å². The largest absolute Gasteiger partial charge is 0.352 e. The summed E-state index contributed by atoms with van der Waals surface area (Å²) >= 11 is 0. The van der Waals surface area contributed by atoms with Gasteiger partial charge in [0.15, 0.2) is 0 Å². The molecule has 0 unspecified atom stereocenters. The Bertz CT molecular complexity index is 1480. The van der Waals surface area contributed by atoms with E-state index in [0.717, 1.165) is 5.56 Å². The summed E-state index contributed by atoms with van der Waals surface area (Å²) < 4.78 is 48.7. The molecule has 0 radical (unpaired) electrons. The number of hydrogen-bond acceptors (Lipinski definition) is 6. The van der Waals surface area contributed by atoms with Crippen molar-refractivity contribution in [3.05, 3.63) is 83.4 Å². The molecule has 1 aliphatic rings. The van der Waals surface area contributed by atoms with Gasteiger partial charge in [-0.25, -0.2) is 22.0 Å². The summed E-state index contributed by atoms with van der Waals surface area (Å²) in [5, 5.41) is 10.4. The molecule has 1 heterocycles. The van der Waals surface area contributed by atoms with Crippen LogP contribution in [0.4, 0.5) is 5.69 Å². The van der Waals surface area contributed by atoms with Crippen LogP contribution in [0, 0.1) is 0 Å². The molecule has 0 saturated heterocycles. The number of nitrogens with one attached hydrogen (secondary N) is 2. The van der Waals surface area contributed by atoms with Crippen molar-refractivity contribution in [1.29, 1.82) is 0 Å². The molecule has 0 atom stereocenters. The van der Waals surface area contributed by atoms with Crippen molar-refractivity contribution in [1.82, 2.24) is 5.32 Å². The third-order valence-corrected chi connectivity index (χ3v) is 7.95. The first-order valence-corrected chi connectivity index (χ1v) is 12.8. The molecule has 3 aromatic rings.